The van der Waals surface area contributed by atoms with Crippen molar-refractivity contribution in [3.8, 4) is 0 Å². The summed E-state index contributed by atoms with van der Waals surface area (Å²) in [6.45, 7) is 6.36. The third kappa shape index (κ3) is 2.66. The topological polar surface area (TPSA) is 15.3 Å². The van der Waals surface area contributed by atoms with Crippen molar-refractivity contribution in [2.24, 2.45) is 5.92 Å². The van der Waals surface area contributed by atoms with Crippen LogP contribution < -0.4 is 10.2 Å². The molecule has 1 aromatic rings. The zero-order valence-corrected chi connectivity index (χ0v) is 12.9. The maximum Gasteiger partial charge on any atom is 0.126 e. The molecule has 0 radical (unpaired) electrons. The molecule has 0 bridgehead atoms. The summed E-state index contributed by atoms with van der Waals surface area (Å²) in [6.07, 6.45) is 3.65. The van der Waals surface area contributed by atoms with Gasteiger partial charge in [0.15, 0.2) is 0 Å². The predicted molar refractivity (Wildman–Crippen MR) is 82.0 cm³/mol. The van der Waals surface area contributed by atoms with Crippen molar-refractivity contribution in [1.82, 2.24) is 5.32 Å². The van der Waals surface area contributed by atoms with E-state index in [-0.39, 0.29) is 11.4 Å². The van der Waals surface area contributed by atoms with Crippen LogP contribution in [0.5, 0.6) is 0 Å². The Morgan fingerprint density at radius 1 is 1.40 bits per heavy atom. The van der Waals surface area contributed by atoms with Crippen LogP contribution in [0.15, 0.2) is 18.2 Å². The van der Waals surface area contributed by atoms with Crippen LogP contribution in [0.25, 0.3) is 0 Å². The Hall–Kier alpha value is -0.800. The van der Waals surface area contributed by atoms with E-state index in [4.69, 9.17) is 11.6 Å². The fourth-order valence-corrected chi connectivity index (χ4v) is 3.58. The number of piperazine rings is 1. The smallest absolute Gasteiger partial charge is 0.126 e. The zero-order valence-electron chi connectivity index (χ0n) is 12.1. The molecule has 1 heterocycles. The summed E-state index contributed by atoms with van der Waals surface area (Å²) in [7, 11) is 0. The van der Waals surface area contributed by atoms with Gasteiger partial charge in [0.1, 0.15) is 5.82 Å². The van der Waals surface area contributed by atoms with Crippen LogP contribution in [0.3, 0.4) is 0 Å². The fourth-order valence-electron chi connectivity index (χ4n) is 3.37. The highest BCUT2D eigenvalue weighted by Crippen LogP contribution is 2.42. The standard InChI is InChI=1S/C16H22ClFN2/c1-3-14-9-19-16(2,11-4-5-11)10-20(14)15-7-12(17)6-13(18)8-15/h6-8,11,14,19H,3-5,9-10H2,1-2H3. The van der Waals surface area contributed by atoms with Gasteiger partial charge >= 0.3 is 0 Å². The average molecular weight is 297 g/mol. The molecule has 2 nitrogen and oxygen atoms in total. The number of anilines is 1. The van der Waals surface area contributed by atoms with E-state index >= 15 is 0 Å². The maximum absolute atomic E-state index is 13.7. The first-order valence-electron chi connectivity index (χ1n) is 7.49. The lowest BCUT2D eigenvalue weighted by Crippen LogP contribution is -2.64. The second-order valence-corrected chi connectivity index (χ2v) is 6.83. The first-order valence-corrected chi connectivity index (χ1v) is 7.87. The molecular weight excluding hydrogens is 275 g/mol. The summed E-state index contributed by atoms with van der Waals surface area (Å²) in [5.41, 5.74) is 1.06. The summed E-state index contributed by atoms with van der Waals surface area (Å²) >= 11 is 6.02. The Balaban J connectivity index is 1.90. The molecule has 0 amide bonds. The Labute approximate surface area is 125 Å². The van der Waals surface area contributed by atoms with Gasteiger partial charge < -0.3 is 10.2 Å². The minimum absolute atomic E-state index is 0.143. The van der Waals surface area contributed by atoms with Gasteiger partial charge in [-0.3, -0.25) is 0 Å². The van der Waals surface area contributed by atoms with Gasteiger partial charge in [-0.25, -0.2) is 4.39 Å². The largest absolute Gasteiger partial charge is 0.365 e. The number of hydrogen-bond acceptors (Lipinski definition) is 2. The third-order valence-electron chi connectivity index (χ3n) is 4.81. The number of halogens is 2. The van der Waals surface area contributed by atoms with Gasteiger partial charge in [-0.2, -0.15) is 0 Å². The van der Waals surface area contributed by atoms with Crippen LogP contribution in [-0.4, -0.2) is 24.7 Å². The molecule has 110 valence electrons. The van der Waals surface area contributed by atoms with Crippen LogP contribution in [0.4, 0.5) is 10.1 Å². The number of rotatable bonds is 3. The summed E-state index contributed by atoms with van der Waals surface area (Å²) in [5.74, 6) is 0.501. The molecule has 2 aliphatic rings. The summed E-state index contributed by atoms with van der Waals surface area (Å²) in [5, 5.41) is 4.19. The van der Waals surface area contributed by atoms with Gasteiger partial charge in [0, 0.05) is 35.4 Å². The van der Waals surface area contributed by atoms with E-state index in [1.165, 1.54) is 18.9 Å². The Morgan fingerprint density at radius 2 is 2.15 bits per heavy atom. The fraction of sp³-hybridized carbons (Fsp3) is 0.625. The number of nitrogens with zero attached hydrogens (tertiary/aromatic N) is 1. The van der Waals surface area contributed by atoms with Crippen LogP contribution in [-0.2, 0) is 0 Å². The second kappa shape index (κ2) is 5.19. The van der Waals surface area contributed by atoms with E-state index in [0.717, 1.165) is 31.1 Å². The highest BCUT2D eigenvalue weighted by Gasteiger charge is 2.45. The van der Waals surface area contributed by atoms with E-state index in [1.807, 2.05) is 6.07 Å². The molecule has 1 aliphatic carbocycles. The lowest BCUT2D eigenvalue weighted by atomic mass is 9.90. The van der Waals surface area contributed by atoms with Crippen molar-refractivity contribution in [3.63, 3.8) is 0 Å². The highest BCUT2D eigenvalue weighted by atomic mass is 35.5. The van der Waals surface area contributed by atoms with Crippen LogP contribution >= 0.6 is 11.6 Å². The monoisotopic (exact) mass is 296 g/mol. The van der Waals surface area contributed by atoms with E-state index in [0.29, 0.717) is 11.1 Å². The maximum atomic E-state index is 13.7. The summed E-state index contributed by atoms with van der Waals surface area (Å²) in [6, 6.07) is 5.26. The van der Waals surface area contributed by atoms with Crippen molar-refractivity contribution in [2.45, 2.75) is 44.7 Å². The highest BCUT2D eigenvalue weighted by molar-refractivity contribution is 6.30. The number of nitrogens with one attached hydrogen (secondary N) is 1. The van der Waals surface area contributed by atoms with Crippen molar-refractivity contribution in [3.05, 3.63) is 29.0 Å². The Kier molecular flexibility index (Phi) is 3.67. The molecule has 1 N–H and O–H groups in total. The minimum Gasteiger partial charge on any atom is -0.365 e. The number of benzene rings is 1. The normalized spacial score (nSPS) is 30.6. The minimum atomic E-state index is -0.256. The lowest BCUT2D eigenvalue weighted by Gasteiger charge is -2.47. The average Bonchev–Trinajstić information content (AvgIpc) is 3.22. The van der Waals surface area contributed by atoms with E-state index in [1.54, 1.807) is 6.07 Å². The quantitative estimate of drug-likeness (QED) is 0.912. The van der Waals surface area contributed by atoms with Crippen LogP contribution in [0.1, 0.15) is 33.1 Å². The van der Waals surface area contributed by atoms with Gasteiger partial charge in [-0.15, -0.1) is 0 Å². The van der Waals surface area contributed by atoms with Gasteiger partial charge in [-0.05, 0) is 50.3 Å². The number of hydrogen-bond donors (Lipinski definition) is 1. The summed E-state index contributed by atoms with van der Waals surface area (Å²) < 4.78 is 13.7. The van der Waals surface area contributed by atoms with E-state index < -0.39 is 0 Å². The van der Waals surface area contributed by atoms with Crippen LogP contribution in [0.2, 0.25) is 5.02 Å². The van der Waals surface area contributed by atoms with E-state index in [2.05, 4.69) is 24.1 Å². The van der Waals surface area contributed by atoms with E-state index in [9.17, 15) is 4.39 Å². The first kappa shape index (κ1) is 14.2. The molecule has 2 unspecified atom stereocenters. The first-order chi connectivity index (χ1) is 9.51. The Morgan fingerprint density at radius 3 is 2.75 bits per heavy atom. The molecule has 0 aromatic heterocycles. The zero-order chi connectivity index (χ0) is 14.3. The van der Waals surface area contributed by atoms with Crippen molar-refractivity contribution in [2.75, 3.05) is 18.0 Å². The second-order valence-electron chi connectivity index (χ2n) is 6.39. The van der Waals surface area contributed by atoms with Crippen molar-refractivity contribution < 1.29 is 4.39 Å². The molecule has 1 aromatic carbocycles. The van der Waals surface area contributed by atoms with Gasteiger partial charge in [0.25, 0.3) is 0 Å². The van der Waals surface area contributed by atoms with Crippen LogP contribution in [0, 0.1) is 11.7 Å². The SMILES string of the molecule is CCC1CNC(C)(C2CC2)CN1c1cc(F)cc(Cl)c1. The molecule has 1 aliphatic heterocycles. The molecule has 1 saturated heterocycles. The molecule has 2 fully saturated rings. The molecule has 2 atom stereocenters. The molecule has 20 heavy (non-hydrogen) atoms. The van der Waals surface area contributed by atoms with Gasteiger partial charge in [0.05, 0.1) is 0 Å². The lowest BCUT2D eigenvalue weighted by molar-refractivity contribution is 0.252. The molecular formula is C16H22ClFN2. The summed E-state index contributed by atoms with van der Waals surface area (Å²) in [4.78, 5) is 2.34. The van der Waals surface area contributed by atoms with Gasteiger partial charge in [0.2, 0.25) is 0 Å². The predicted octanol–water partition coefficient (Wildman–Crippen LogP) is 3.84. The Bertz CT molecular complexity index is 483. The molecule has 4 heteroatoms. The molecule has 1 saturated carbocycles. The van der Waals surface area contributed by atoms with Crippen molar-refractivity contribution >= 4 is 17.3 Å². The third-order valence-corrected chi connectivity index (χ3v) is 5.03. The van der Waals surface area contributed by atoms with Crippen molar-refractivity contribution in [1.29, 1.82) is 0 Å². The molecule has 0 spiro atoms. The van der Waals surface area contributed by atoms with Gasteiger partial charge in [-0.1, -0.05) is 18.5 Å². The molecule has 3 rings (SSSR count).